The van der Waals surface area contributed by atoms with Crippen molar-refractivity contribution in [2.75, 3.05) is 0 Å². The molecular weight excluding hydrogens is 302 g/mol. The molecule has 0 aliphatic carbocycles. The van der Waals surface area contributed by atoms with Gasteiger partial charge in [0.25, 0.3) is 0 Å². The first kappa shape index (κ1) is 15.5. The predicted molar refractivity (Wildman–Crippen MR) is 81.1 cm³/mol. The lowest BCUT2D eigenvalue weighted by molar-refractivity contribution is -0.286. The Bertz CT molecular complexity index is 741. The van der Waals surface area contributed by atoms with Gasteiger partial charge in [-0.15, -0.1) is 8.78 Å². The molecule has 1 heterocycles. The van der Waals surface area contributed by atoms with Crippen LogP contribution >= 0.6 is 0 Å². The van der Waals surface area contributed by atoms with Crippen molar-refractivity contribution in [1.82, 2.24) is 0 Å². The number of hydrogen-bond acceptors (Lipinski definition) is 3. The van der Waals surface area contributed by atoms with Crippen molar-refractivity contribution < 1.29 is 23.0 Å². The Morgan fingerprint density at radius 1 is 1.09 bits per heavy atom. The Morgan fingerprint density at radius 2 is 1.83 bits per heavy atom. The van der Waals surface area contributed by atoms with Gasteiger partial charge in [0, 0.05) is 12.0 Å². The standard InChI is InChI=1S/C18H16F2O3/c1-12-5-2-3-7-14(12)15(21)8-4-6-13-9-10-16-17(11-13)23-18(19,20)22-16/h2-3,5,7,9-11H,4,6,8H2,1H3. The molecule has 2 aromatic rings. The summed E-state index contributed by atoms with van der Waals surface area (Å²) in [5, 5.41) is 0. The van der Waals surface area contributed by atoms with Gasteiger partial charge in [-0.3, -0.25) is 4.79 Å². The Kier molecular flexibility index (Phi) is 4.03. The fourth-order valence-corrected chi connectivity index (χ4v) is 2.62. The fraction of sp³-hybridized carbons (Fsp3) is 0.278. The van der Waals surface area contributed by atoms with Crippen LogP contribution in [0, 0.1) is 6.92 Å². The second kappa shape index (κ2) is 5.99. The summed E-state index contributed by atoms with van der Waals surface area (Å²) in [6.07, 6.45) is -1.93. The maximum absolute atomic E-state index is 13.0. The smallest absolute Gasteiger partial charge is 0.395 e. The monoisotopic (exact) mass is 318 g/mol. The summed E-state index contributed by atoms with van der Waals surface area (Å²) >= 11 is 0. The molecule has 0 spiro atoms. The van der Waals surface area contributed by atoms with E-state index in [2.05, 4.69) is 9.47 Å². The second-order valence-corrected chi connectivity index (χ2v) is 5.54. The molecule has 120 valence electrons. The Balaban J connectivity index is 1.58. The number of rotatable bonds is 5. The third-order valence-electron chi connectivity index (χ3n) is 3.78. The van der Waals surface area contributed by atoms with Crippen LogP contribution < -0.4 is 9.47 Å². The van der Waals surface area contributed by atoms with Gasteiger partial charge in [0.2, 0.25) is 0 Å². The van der Waals surface area contributed by atoms with E-state index < -0.39 is 6.29 Å². The molecule has 3 rings (SSSR count). The summed E-state index contributed by atoms with van der Waals surface area (Å²) in [5.41, 5.74) is 2.53. The average molecular weight is 318 g/mol. The van der Waals surface area contributed by atoms with Gasteiger partial charge < -0.3 is 9.47 Å². The zero-order valence-corrected chi connectivity index (χ0v) is 12.6. The van der Waals surface area contributed by atoms with Crippen molar-refractivity contribution in [3.8, 4) is 11.5 Å². The number of aryl methyl sites for hydroxylation is 2. The molecule has 0 radical (unpaired) electrons. The van der Waals surface area contributed by atoms with E-state index in [-0.39, 0.29) is 17.3 Å². The minimum Gasteiger partial charge on any atom is -0.395 e. The normalized spacial score (nSPS) is 14.7. The number of ether oxygens (including phenoxy) is 2. The molecule has 5 heteroatoms. The first-order chi connectivity index (χ1) is 10.9. The summed E-state index contributed by atoms with van der Waals surface area (Å²) in [5.74, 6) is 0.169. The number of halogens is 2. The van der Waals surface area contributed by atoms with E-state index in [9.17, 15) is 13.6 Å². The van der Waals surface area contributed by atoms with Gasteiger partial charge in [0.15, 0.2) is 17.3 Å². The maximum atomic E-state index is 13.0. The maximum Gasteiger partial charge on any atom is 0.586 e. The van der Waals surface area contributed by atoms with Gasteiger partial charge in [-0.1, -0.05) is 30.3 Å². The number of carbonyl (C=O) groups excluding carboxylic acids is 1. The van der Waals surface area contributed by atoms with E-state index >= 15 is 0 Å². The van der Waals surface area contributed by atoms with Gasteiger partial charge in [-0.05, 0) is 43.0 Å². The van der Waals surface area contributed by atoms with Gasteiger partial charge >= 0.3 is 6.29 Å². The Labute approximate surface area is 132 Å². The number of Topliss-reactive ketones (excluding diaryl/α,β-unsaturated/α-hetero) is 1. The van der Waals surface area contributed by atoms with Crippen molar-refractivity contribution in [1.29, 1.82) is 0 Å². The van der Waals surface area contributed by atoms with Crippen LogP contribution in [0.15, 0.2) is 42.5 Å². The highest BCUT2D eigenvalue weighted by atomic mass is 19.3. The lowest BCUT2D eigenvalue weighted by Crippen LogP contribution is -2.25. The van der Waals surface area contributed by atoms with Crippen molar-refractivity contribution >= 4 is 5.78 Å². The zero-order valence-electron chi connectivity index (χ0n) is 12.6. The number of fused-ring (bicyclic) bond motifs is 1. The summed E-state index contributed by atoms with van der Waals surface area (Å²) in [4.78, 5) is 12.2. The third kappa shape index (κ3) is 3.50. The summed E-state index contributed by atoms with van der Waals surface area (Å²) in [7, 11) is 0. The highest BCUT2D eigenvalue weighted by molar-refractivity contribution is 5.97. The zero-order chi connectivity index (χ0) is 16.4. The van der Waals surface area contributed by atoms with Crippen molar-refractivity contribution in [2.45, 2.75) is 32.5 Å². The van der Waals surface area contributed by atoms with Gasteiger partial charge in [0.1, 0.15) is 0 Å². The molecule has 0 saturated heterocycles. The molecule has 3 nitrogen and oxygen atoms in total. The van der Waals surface area contributed by atoms with Crippen LogP contribution in [0.1, 0.15) is 34.3 Å². The second-order valence-electron chi connectivity index (χ2n) is 5.54. The molecule has 0 fully saturated rings. The van der Waals surface area contributed by atoms with E-state index in [1.807, 2.05) is 31.2 Å². The van der Waals surface area contributed by atoms with Crippen LogP contribution in [0.3, 0.4) is 0 Å². The molecule has 23 heavy (non-hydrogen) atoms. The van der Waals surface area contributed by atoms with E-state index in [1.54, 1.807) is 6.07 Å². The van der Waals surface area contributed by atoms with Crippen LogP contribution in [-0.4, -0.2) is 12.1 Å². The van der Waals surface area contributed by atoms with Gasteiger partial charge in [-0.25, -0.2) is 0 Å². The van der Waals surface area contributed by atoms with Crippen LogP contribution in [0.4, 0.5) is 8.78 Å². The van der Waals surface area contributed by atoms with E-state index in [4.69, 9.17) is 0 Å². The topological polar surface area (TPSA) is 35.5 Å². The molecule has 0 bridgehead atoms. The number of benzene rings is 2. The molecule has 0 N–H and O–H groups in total. The summed E-state index contributed by atoms with van der Waals surface area (Å²) in [6, 6.07) is 12.2. The molecule has 0 aromatic heterocycles. The van der Waals surface area contributed by atoms with E-state index in [1.165, 1.54) is 12.1 Å². The quantitative estimate of drug-likeness (QED) is 0.760. The summed E-state index contributed by atoms with van der Waals surface area (Å²) in [6.45, 7) is 1.91. The van der Waals surface area contributed by atoms with E-state index in [0.29, 0.717) is 19.3 Å². The van der Waals surface area contributed by atoms with Crippen molar-refractivity contribution in [3.63, 3.8) is 0 Å². The molecule has 2 aromatic carbocycles. The SMILES string of the molecule is Cc1ccccc1C(=O)CCCc1ccc2c(c1)OC(F)(F)O2. The third-order valence-corrected chi connectivity index (χ3v) is 3.78. The Morgan fingerprint density at radius 3 is 2.61 bits per heavy atom. The minimum atomic E-state index is -3.60. The lowest BCUT2D eigenvalue weighted by Gasteiger charge is -2.05. The highest BCUT2D eigenvalue weighted by Gasteiger charge is 2.43. The molecule has 1 aliphatic rings. The molecule has 1 aliphatic heterocycles. The highest BCUT2D eigenvalue weighted by Crippen LogP contribution is 2.41. The first-order valence-corrected chi connectivity index (χ1v) is 7.42. The predicted octanol–water partition coefficient (Wildman–Crippen LogP) is 4.52. The number of ketones is 1. The molecule has 0 atom stereocenters. The number of carbonyl (C=O) groups is 1. The van der Waals surface area contributed by atoms with E-state index in [0.717, 1.165) is 16.7 Å². The minimum absolute atomic E-state index is 0.0368. The van der Waals surface area contributed by atoms with Crippen molar-refractivity contribution in [2.24, 2.45) is 0 Å². The largest absolute Gasteiger partial charge is 0.586 e. The molecule has 0 amide bonds. The Hall–Kier alpha value is -2.43. The summed E-state index contributed by atoms with van der Waals surface area (Å²) < 4.78 is 34.7. The molecule has 0 unspecified atom stereocenters. The molecule has 0 saturated carbocycles. The average Bonchev–Trinajstić information content (AvgIpc) is 2.80. The first-order valence-electron chi connectivity index (χ1n) is 7.42. The van der Waals surface area contributed by atoms with Crippen LogP contribution in [0.5, 0.6) is 11.5 Å². The van der Waals surface area contributed by atoms with Gasteiger partial charge in [-0.2, -0.15) is 0 Å². The number of hydrogen-bond donors (Lipinski definition) is 0. The fourth-order valence-electron chi connectivity index (χ4n) is 2.62. The van der Waals surface area contributed by atoms with Crippen LogP contribution in [0.25, 0.3) is 0 Å². The lowest BCUT2D eigenvalue weighted by atomic mass is 9.99. The van der Waals surface area contributed by atoms with Crippen molar-refractivity contribution in [3.05, 3.63) is 59.2 Å². The number of alkyl halides is 2. The van der Waals surface area contributed by atoms with Gasteiger partial charge in [0.05, 0.1) is 0 Å². The van der Waals surface area contributed by atoms with Crippen LogP contribution in [0.2, 0.25) is 0 Å². The molecular formula is C18H16F2O3. The van der Waals surface area contributed by atoms with Crippen LogP contribution in [-0.2, 0) is 6.42 Å².